The smallest absolute Gasteiger partial charge is 0.330 e. The molecule has 0 amide bonds. The lowest BCUT2D eigenvalue weighted by Crippen LogP contribution is -2.20. The lowest BCUT2D eigenvalue weighted by Gasteiger charge is -2.18. The van der Waals surface area contributed by atoms with Crippen molar-refractivity contribution in [1.82, 2.24) is 0 Å². The second-order valence-electron chi connectivity index (χ2n) is 4.07. The molecule has 0 fully saturated rings. The number of benzene rings is 2. The number of nitrogens with one attached hydrogen (secondary N) is 1. The van der Waals surface area contributed by atoms with E-state index < -0.39 is 12.0 Å². The van der Waals surface area contributed by atoms with Gasteiger partial charge in [-0.2, -0.15) is 0 Å². The van der Waals surface area contributed by atoms with Crippen LogP contribution in [0.3, 0.4) is 0 Å². The molecule has 3 nitrogen and oxygen atoms in total. The second-order valence-corrected chi connectivity index (χ2v) is 5.29. The monoisotopic (exact) mass is 329 g/mol. The number of carbonyl (C=O) groups is 1. The van der Waals surface area contributed by atoms with Crippen LogP contribution >= 0.6 is 34.8 Å². The molecule has 2 aromatic rings. The Morgan fingerprint density at radius 2 is 1.80 bits per heavy atom. The molecule has 2 aromatic carbocycles. The maximum Gasteiger partial charge on any atom is 0.330 e. The molecule has 104 valence electrons. The number of anilines is 1. The van der Waals surface area contributed by atoms with Crippen molar-refractivity contribution in [2.75, 3.05) is 5.32 Å². The van der Waals surface area contributed by atoms with Crippen LogP contribution in [0.1, 0.15) is 11.6 Å². The SMILES string of the molecule is O=C(O)C(Nc1cccc(Cl)c1)c1cccc(Cl)c1Cl. The third kappa shape index (κ3) is 3.37. The summed E-state index contributed by atoms with van der Waals surface area (Å²) < 4.78 is 0. The van der Waals surface area contributed by atoms with E-state index in [1.54, 1.807) is 42.5 Å². The Kier molecular flexibility index (Phi) is 4.76. The van der Waals surface area contributed by atoms with Gasteiger partial charge in [0.1, 0.15) is 0 Å². The lowest BCUT2D eigenvalue weighted by atomic mass is 10.1. The summed E-state index contributed by atoms with van der Waals surface area (Å²) in [4.78, 5) is 11.5. The van der Waals surface area contributed by atoms with E-state index in [0.717, 1.165) is 0 Å². The molecule has 0 heterocycles. The Bertz CT molecular complexity index is 646. The molecule has 0 saturated heterocycles. The Morgan fingerprint density at radius 1 is 1.10 bits per heavy atom. The predicted molar refractivity (Wildman–Crippen MR) is 81.9 cm³/mol. The van der Waals surface area contributed by atoms with Crippen LogP contribution < -0.4 is 5.32 Å². The van der Waals surface area contributed by atoms with E-state index in [2.05, 4.69) is 5.32 Å². The van der Waals surface area contributed by atoms with Gasteiger partial charge in [-0.25, -0.2) is 4.79 Å². The van der Waals surface area contributed by atoms with E-state index >= 15 is 0 Å². The van der Waals surface area contributed by atoms with Crippen molar-refractivity contribution in [3.05, 3.63) is 63.1 Å². The molecule has 0 radical (unpaired) electrons. The van der Waals surface area contributed by atoms with E-state index in [9.17, 15) is 9.90 Å². The number of carboxylic acids is 1. The van der Waals surface area contributed by atoms with Gasteiger partial charge in [0, 0.05) is 16.3 Å². The highest BCUT2D eigenvalue weighted by Gasteiger charge is 2.23. The Labute approximate surface area is 131 Å². The molecule has 0 saturated carbocycles. The molecule has 1 atom stereocenters. The first-order valence-electron chi connectivity index (χ1n) is 5.68. The van der Waals surface area contributed by atoms with Crippen LogP contribution in [0.15, 0.2) is 42.5 Å². The van der Waals surface area contributed by atoms with Gasteiger partial charge in [-0.15, -0.1) is 0 Å². The molecule has 2 N–H and O–H groups in total. The Morgan fingerprint density at radius 3 is 2.45 bits per heavy atom. The number of carboxylic acid groups (broad SMARTS) is 1. The topological polar surface area (TPSA) is 49.3 Å². The minimum atomic E-state index is -1.06. The standard InChI is InChI=1S/C14H10Cl3NO2/c15-8-3-1-4-9(7-8)18-13(14(19)20)10-5-2-6-11(16)12(10)17/h1-7,13,18H,(H,19,20). The van der Waals surface area contributed by atoms with E-state index in [0.29, 0.717) is 21.3 Å². The molecule has 1 unspecified atom stereocenters. The van der Waals surface area contributed by atoms with Crippen LogP contribution in [0.5, 0.6) is 0 Å². The summed E-state index contributed by atoms with van der Waals surface area (Å²) in [5.41, 5.74) is 0.979. The molecule has 0 aliphatic carbocycles. The number of halogens is 3. The van der Waals surface area contributed by atoms with Crippen molar-refractivity contribution >= 4 is 46.5 Å². The van der Waals surface area contributed by atoms with Gasteiger partial charge in [0.05, 0.1) is 10.0 Å². The molecule has 6 heteroatoms. The highest BCUT2D eigenvalue weighted by molar-refractivity contribution is 6.42. The van der Waals surface area contributed by atoms with E-state index in [1.807, 2.05) is 0 Å². The van der Waals surface area contributed by atoms with Crippen molar-refractivity contribution < 1.29 is 9.90 Å². The molecular formula is C14H10Cl3NO2. The Balaban J connectivity index is 2.37. The van der Waals surface area contributed by atoms with Crippen molar-refractivity contribution in [2.24, 2.45) is 0 Å². The minimum Gasteiger partial charge on any atom is -0.479 e. The third-order valence-electron chi connectivity index (χ3n) is 2.68. The van der Waals surface area contributed by atoms with Gasteiger partial charge in [0.15, 0.2) is 6.04 Å². The average Bonchev–Trinajstić information content (AvgIpc) is 2.39. The van der Waals surface area contributed by atoms with Crippen LogP contribution in [0.25, 0.3) is 0 Å². The van der Waals surface area contributed by atoms with E-state index in [4.69, 9.17) is 34.8 Å². The minimum absolute atomic E-state index is 0.219. The van der Waals surface area contributed by atoms with Gasteiger partial charge in [0.25, 0.3) is 0 Å². The average molecular weight is 331 g/mol. The van der Waals surface area contributed by atoms with E-state index in [-0.39, 0.29) is 5.02 Å². The first kappa shape index (κ1) is 15.0. The summed E-state index contributed by atoms with van der Waals surface area (Å²) in [5, 5.41) is 13.3. The molecule has 0 spiro atoms. The molecule has 0 aliphatic rings. The second kappa shape index (κ2) is 6.35. The first-order chi connectivity index (χ1) is 9.49. The predicted octanol–water partition coefficient (Wildman–Crippen LogP) is 4.88. The van der Waals surface area contributed by atoms with Crippen molar-refractivity contribution in [3.63, 3.8) is 0 Å². The van der Waals surface area contributed by atoms with Gasteiger partial charge in [0.2, 0.25) is 0 Å². The number of hydrogen-bond donors (Lipinski definition) is 2. The van der Waals surface area contributed by atoms with Crippen LogP contribution in [0.4, 0.5) is 5.69 Å². The maximum atomic E-state index is 11.5. The molecule has 0 aliphatic heterocycles. The van der Waals surface area contributed by atoms with Crippen molar-refractivity contribution in [1.29, 1.82) is 0 Å². The first-order valence-corrected chi connectivity index (χ1v) is 6.81. The normalized spacial score (nSPS) is 11.9. The maximum absolute atomic E-state index is 11.5. The zero-order valence-corrected chi connectivity index (χ0v) is 12.4. The fourth-order valence-electron chi connectivity index (χ4n) is 1.76. The third-order valence-corrected chi connectivity index (χ3v) is 3.74. The lowest BCUT2D eigenvalue weighted by molar-refractivity contribution is -0.138. The van der Waals surface area contributed by atoms with Gasteiger partial charge in [-0.1, -0.05) is 53.0 Å². The van der Waals surface area contributed by atoms with Gasteiger partial charge >= 0.3 is 5.97 Å². The highest BCUT2D eigenvalue weighted by Crippen LogP contribution is 2.32. The summed E-state index contributed by atoms with van der Waals surface area (Å²) in [6.07, 6.45) is 0. The molecule has 20 heavy (non-hydrogen) atoms. The molecule has 0 aromatic heterocycles. The molecular weight excluding hydrogens is 321 g/mol. The van der Waals surface area contributed by atoms with Crippen LogP contribution in [0, 0.1) is 0 Å². The summed E-state index contributed by atoms with van der Waals surface area (Å²) in [6.45, 7) is 0. The largest absolute Gasteiger partial charge is 0.479 e. The number of hydrogen-bond acceptors (Lipinski definition) is 2. The zero-order valence-electron chi connectivity index (χ0n) is 10.1. The summed E-state index contributed by atoms with van der Waals surface area (Å²) in [5.74, 6) is -1.06. The van der Waals surface area contributed by atoms with Gasteiger partial charge in [-0.3, -0.25) is 0 Å². The van der Waals surface area contributed by atoms with Gasteiger partial charge in [-0.05, 0) is 24.3 Å². The summed E-state index contributed by atoms with van der Waals surface area (Å²) >= 11 is 17.9. The van der Waals surface area contributed by atoms with Crippen LogP contribution in [-0.4, -0.2) is 11.1 Å². The van der Waals surface area contributed by atoms with Crippen molar-refractivity contribution in [3.8, 4) is 0 Å². The number of rotatable bonds is 4. The van der Waals surface area contributed by atoms with Crippen molar-refractivity contribution in [2.45, 2.75) is 6.04 Å². The summed E-state index contributed by atoms with van der Waals surface area (Å²) in [6, 6.07) is 10.6. The molecule has 0 bridgehead atoms. The number of aliphatic carboxylic acids is 1. The molecule has 2 rings (SSSR count). The van der Waals surface area contributed by atoms with Crippen LogP contribution in [0.2, 0.25) is 15.1 Å². The summed E-state index contributed by atoms with van der Waals surface area (Å²) in [7, 11) is 0. The Hall–Kier alpha value is -1.42. The zero-order chi connectivity index (χ0) is 14.7. The fourth-order valence-corrected chi connectivity index (χ4v) is 2.37. The van der Waals surface area contributed by atoms with E-state index in [1.165, 1.54) is 0 Å². The quantitative estimate of drug-likeness (QED) is 0.839. The van der Waals surface area contributed by atoms with Crippen LogP contribution in [-0.2, 0) is 4.79 Å². The highest BCUT2D eigenvalue weighted by atomic mass is 35.5. The van der Waals surface area contributed by atoms with Gasteiger partial charge < -0.3 is 10.4 Å². The fraction of sp³-hybridized carbons (Fsp3) is 0.0714.